The third kappa shape index (κ3) is 1.60. The molecule has 2 aliphatic heterocycles. The van der Waals surface area contributed by atoms with Crippen LogP contribution >= 0.6 is 7.70 Å². The summed E-state index contributed by atoms with van der Waals surface area (Å²) in [6, 6.07) is 6.77. The van der Waals surface area contributed by atoms with Gasteiger partial charge in [-0.05, 0) is 11.6 Å². The zero-order chi connectivity index (χ0) is 13.9. The zero-order valence-corrected chi connectivity index (χ0v) is 13.2. The molecule has 3 nitrogen and oxygen atoms in total. The third-order valence-electron chi connectivity index (χ3n) is 4.78. The molecule has 3 heterocycles. The molecule has 4 rings (SSSR count). The molecule has 1 atom stereocenters. The lowest BCUT2D eigenvalue weighted by molar-refractivity contribution is 0.427. The zero-order valence-electron chi connectivity index (χ0n) is 12.3. The highest BCUT2D eigenvalue weighted by Crippen LogP contribution is 2.40. The molecule has 0 spiro atoms. The van der Waals surface area contributed by atoms with E-state index in [4.69, 9.17) is 0 Å². The van der Waals surface area contributed by atoms with Crippen molar-refractivity contribution in [3.63, 3.8) is 0 Å². The van der Waals surface area contributed by atoms with Gasteiger partial charge < -0.3 is 9.47 Å². The third-order valence-corrected chi connectivity index (χ3v) is 6.09. The van der Waals surface area contributed by atoms with E-state index in [2.05, 4.69) is 52.3 Å². The molecule has 2 aromatic rings. The van der Waals surface area contributed by atoms with Crippen LogP contribution in [0.25, 0.3) is 10.9 Å². The van der Waals surface area contributed by atoms with E-state index in [1.54, 1.807) is 11.3 Å². The van der Waals surface area contributed by atoms with Crippen molar-refractivity contribution in [2.75, 3.05) is 31.7 Å². The van der Waals surface area contributed by atoms with Gasteiger partial charge in [-0.25, -0.2) is 0 Å². The summed E-state index contributed by atoms with van der Waals surface area (Å²) in [6.07, 6.45) is 5.44. The molecule has 0 saturated heterocycles. The number of para-hydroxylation sites is 1. The van der Waals surface area contributed by atoms with Crippen LogP contribution in [-0.2, 0) is 19.5 Å². The summed E-state index contributed by atoms with van der Waals surface area (Å²) >= 11 is 0. The predicted octanol–water partition coefficient (Wildman–Crippen LogP) is 2.91. The maximum atomic E-state index is 4.26. The molecule has 2 aliphatic rings. The number of fused-ring (bicyclic) bond motifs is 3. The number of benzene rings is 1. The van der Waals surface area contributed by atoms with Crippen molar-refractivity contribution < 1.29 is 0 Å². The van der Waals surface area contributed by atoms with Gasteiger partial charge in [-0.2, -0.15) is 0 Å². The Morgan fingerprint density at radius 3 is 2.85 bits per heavy atom. The lowest BCUT2D eigenvalue weighted by Crippen LogP contribution is -2.30. The first-order valence-electron chi connectivity index (χ1n) is 7.30. The molecule has 0 amide bonds. The molecule has 104 valence electrons. The molecule has 1 unspecified atom stereocenters. The molecular formula is C16H21N3P+. The number of likely N-dealkylation sites (N-methyl/N-ethyl adjacent to an activating group) is 1. The van der Waals surface area contributed by atoms with E-state index < -0.39 is 0 Å². The first kappa shape index (κ1) is 12.4. The molecule has 0 saturated carbocycles. The lowest BCUT2D eigenvalue weighted by Gasteiger charge is -2.28. The number of nitrogens with zero attached hydrogens (tertiary/aromatic N) is 3. The Balaban J connectivity index is 1.97. The minimum absolute atomic E-state index is 0.231. The SMILES string of the molecule is C=[P+](C)N1CCc2c(c3cccc4c3n2CCN4C)C1. The van der Waals surface area contributed by atoms with Crippen LogP contribution < -0.4 is 4.90 Å². The monoisotopic (exact) mass is 286 g/mol. The van der Waals surface area contributed by atoms with Crippen LogP contribution in [0.4, 0.5) is 5.69 Å². The minimum Gasteiger partial charge on any atom is -0.371 e. The van der Waals surface area contributed by atoms with Crippen molar-refractivity contribution >= 4 is 30.6 Å². The molecular weight excluding hydrogens is 265 g/mol. The van der Waals surface area contributed by atoms with Crippen molar-refractivity contribution in [2.45, 2.75) is 19.5 Å². The molecule has 4 heteroatoms. The fourth-order valence-electron chi connectivity index (χ4n) is 3.69. The quantitative estimate of drug-likeness (QED) is 0.747. The van der Waals surface area contributed by atoms with Gasteiger partial charge in [0.15, 0.2) is 7.70 Å². The van der Waals surface area contributed by atoms with Gasteiger partial charge >= 0.3 is 0 Å². The predicted molar refractivity (Wildman–Crippen MR) is 89.3 cm³/mol. The fourth-order valence-corrected chi connectivity index (χ4v) is 4.51. The Morgan fingerprint density at radius 1 is 1.20 bits per heavy atom. The fraction of sp³-hybridized carbons (Fsp3) is 0.438. The first-order chi connectivity index (χ1) is 9.66. The summed E-state index contributed by atoms with van der Waals surface area (Å²) in [7, 11) is 1.98. The van der Waals surface area contributed by atoms with E-state index in [9.17, 15) is 0 Å². The van der Waals surface area contributed by atoms with Crippen molar-refractivity contribution in [1.29, 1.82) is 0 Å². The van der Waals surface area contributed by atoms with E-state index in [0.29, 0.717) is 0 Å². The molecule has 0 fully saturated rings. The van der Waals surface area contributed by atoms with E-state index in [1.165, 1.54) is 29.6 Å². The van der Waals surface area contributed by atoms with Gasteiger partial charge in [-0.15, -0.1) is 4.67 Å². The van der Waals surface area contributed by atoms with Gasteiger partial charge in [0, 0.05) is 44.2 Å². The summed E-state index contributed by atoms with van der Waals surface area (Å²) in [4.78, 5) is 2.39. The topological polar surface area (TPSA) is 11.4 Å². The lowest BCUT2D eigenvalue weighted by atomic mass is 10.1. The van der Waals surface area contributed by atoms with Crippen molar-refractivity contribution in [2.24, 2.45) is 0 Å². The molecule has 0 bridgehead atoms. The van der Waals surface area contributed by atoms with Gasteiger partial charge in [0.25, 0.3) is 0 Å². The van der Waals surface area contributed by atoms with Crippen LogP contribution in [0.2, 0.25) is 0 Å². The van der Waals surface area contributed by atoms with Gasteiger partial charge in [-0.1, -0.05) is 12.1 Å². The Bertz CT molecular complexity index is 716. The number of hydrogen-bond acceptors (Lipinski definition) is 2. The van der Waals surface area contributed by atoms with Gasteiger partial charge in [0.05, 0.1) is 24.0 Å². The Kier molecular flexibility index (Phi) is 2.70. The van der Waals surface area contributed by atoms with E-state index in [0.717, 1.165) is 19.6 Å². The van der Waals surface area contributed by atoms with Crippen molar-refractivity contribution in [3.8, 4) is 0 Å². The highest BCUT2D eigenvalue weighted by molar-refractivity contribution is 7.52. The summed E-state index contributed by atoms with van der Waals surface area (Å²) < 4.78 is 5.13. The summed E-state index contributed by atoms with van der Waals surface area (Å²) in [6.45, 7) is 6.76. The van der Waals surface area contributed by atoms with Crippen LogP contribution in [0, 0.1) is 0 Å². The molecule has 1 aromatic heterocycles. The normalized spacial score (nSPS) is 19.3. The Labute approximate surface area is 121 Å². The number of hydrogen-bond donors (Lipinski definition) is 0. The molecule has 0 radical (unpaired) electrons. The standard InChI is InChI=1S/C16H21N3P/c1-17-9-10-19-14-7-8-18(20(2)3)11-13(14)12-5-4-6-15(17)16(12)19/h4-6H,2,7-11H2,1,3H3/q+1. The summed E-state index contributed by atoms with van der Waals surface area (Å²) in [5.41, 5.74) is 5.98. The molecule has 0 N–H and O–H groups in total. The van der Waals surface area contributed by atoms with Crippen LogP contribution in [0.3, 0.4) is 0 Å². The second-order valence-electron chi connectivity index (χ2n) is 5.97. The van der Waals surface area contributed by atoms with Gasteiger partial charge in [-0.3, -0.25) is 0 Å². The Morgan fingerprint density at radius 2 is 2.05 bits per heavy atom. The highest BCUT2D eigenvalue weighted by atomic mass is 31.1. The number of rotatable bonds is 1. The average Bonchev–Trinajstić information content (AvgIpc) is 2.78. The smallest absolute Gasteiger partial charge is 0.174 e. The van der Waals surface area contributed by atoms with Crippen molar-refractivity contribution in [1.82, 2.24) is 9.24 Å². The second-order valence-corrected chi connectivity index (χ2v) is 7.85. The number of aromatic nitrogens is 1. The number of anilines is 1. The van der Waals surface area contributed by atoms with E-state index in [1.807, 2.05) is 0 Å². The van der Waals surface area contributed by atoms with E-state index in [-0.39, 0.29) is 7.70 Å². The highest BCUT2D eigenvalue weighted by Gasteiger charge is 2.30. The minimum atomic E-state index is -0.231. The average molecular weight is 286 g/mol. The van der Waals surface area contributed by atoms with Crippen LogP contribution in [0.15, 0.2) is 18.2 Å². The van der Waals surface area contributed by atoms with Gasteiger partial charge in [0.1, 0.15) is 6.66 Å². The van der Waals surface area contributed by atoms with Crippen LogP contribution in [0.5, 0.6) is 0 Å². The molecule has 0 aliphatic carbocycles. The molecule has 20 heavy (non-hydrogen) atoms. The van der Waals surface area contributed by atoms with Crippen LogP contribution in [-0.4, -0.2) is 42.3 Å². The van der Waals surface area contributed by atoms with Crippen LogP contribution in [0.1, 0.15) is 11.3 Å². The van der Waals surface area contributed by atoms with Crippen molar-refractivity contribution in [3.05, 3.63) is 29.5 Å². The maximum absolute atomic E-state index is 4.26. The maximum Gasteiger partial charge on any atom is 0.174 e. The van der Waals surface area contributed by atoms with E-state index >= 15 is 0 Å². The molecule has 1 aromatic carbocycles. The van der Waals surface area contributed by atoms with Gasteiger partial charge in [0.2, 0.25) is 0 Å². The Hall–Kier alpha value is -1.31. The summed E-state index contributed by atoms with van der Waals surface area (Å²) in [5, 5.41) is 1.46. The summed E-state index contributed by atoms with van der Waals surface area (Å²) in [5.74, 6) is 0. The largest absolute Gasteiger partial charge is 0.371 e. The first-order valence-corrected chi connectivity index (χ1v) is 9.22. The second kappa shape index (κ2) is 4.34.